The molecule has 0 unspecified atom stereocenters. The maximum absolute atomic E-state index is 12.1. The van der Waals surface area contributed by atoms with E-state index in [1.54, 1.807) is 30.5 Å². The third-order valence-corrected chi connectivity index (χ3v) is 3.67. The zero-order valence-electron chi connectivity index (χ0n) is 13.9. The number of ether oxygens (including phenoxy) is 2. The molecule has 2 amide bonds. The molecule has 0 aliphatic carbocycles. The standard InChI is InChI=1S/C18H19N3O4/c1-2-24-18-15(4-3-9-19-18)21-17(23)11-25-13-6-7-14-12(10-13)5-8-16(22)20-14/h3-4,6-7,9-10H,2,5,8,11H2,1H3,(H,20,22)(H,21,23). The van der Waals surface area contributed by atoms with E-state index in [0.717, 1.165) is 11.3 Å². The number of rotatable bonds is 6. The SMILES string of the molecule is CCOc1ncccc1NC(=O)COc1ccc2c(c1)CCC(=O)N2. The molecule has 3 rings (SSSR count). The first-order valence-corrected chi connectivity index (χ1v) is 8.09. The normalized spacial score (nSPS) is 12.8. The molecule has 25 heavy (non-hydrogen) atoms. The molecule has 1 aromatic heterocycles. The first-order valence-electron chi connectivity index (χ1n) is 8.09. The van der Waals surface area contributed by atoms with Crippen molar-refractivity contribution in [3.63, 3.8) is 0 Å². The van der Waals surface area contributed by atoms with Crippen LogP contribution >= 0.6 is 0 Å². The number of aryl methyl sites for hydroxylation is 1. The number of fused-ring (bicyclic) bond motifs is 1. The van der Waals surface area contributed by atoms with Crippen LogP contribution < -0.4 is 20.1 Å². The number of hydrogen-bond donors (Lipinski definition) is 2. The topological polar surface area (TPSA) is 89.6 Å². The van der Waals surface area contributed by atoms with Gasteiger partial charge in [-0.15, -0.1) is 0 Å². The van der Waals surface area contributed by atoms with Crippen LogP contribution in [0.15, 0.2) is 36.5 Å². The molecule has 0 saturated heterocycles. The molecule has 0 atom stereocenters. The molecule has 0 bridgehead atoms. The molecular weight excluding hydrogens is 322 g/mol. The fourth-order valence-corrected chi connectivity index (χ4v) is 2.52. The lowest BCUT2D eigenvalue weighted by Crippen LogP contribution is -2.21. The number of aromatic nitrogens is 1. The van der Waals surface area contributed by atoms with Crippen LogP contribution in [0.4, 0.5) is 11.4 Å². The van der Waals surface area contributed by atoms with Crippen LogP contribution in [0.2, 0.25) is 0 Å². The van der Waals surface area contributed by atoms with Gasteiger partial charge in [0.25, 0.3) is 5.91 Å². The summed E-state index contributed by atoms with van der Waals surface area (Å²) in [6, 6.07) is 8.80. The molecule has 1 aliphatic heterocycles. The predicted octanol–water partition coefficient (Wildman–Crippen LogP) is 2.38. The molecule has 1 aliphatic rings. The van der Waals surface area contributed by atoms with Gasteiger partial charge in [-0.25, -0.2) is 4.98 Å². The van der Waals surface area contributed by atoms with Gasteiger partial charge in [0.2, 0.25) is 11.8 Å². The molecule has 0 saturated carbocycles. The Morgan fingerprint density at radius 2 is 2.16 bits per heavy atom. The summed E-state index contributed by atoms with van der Waals surface area (Å²) >= 11 is 0. The molecule has 130 valence electrons. The fraction of sp³-hybridized carbons (Fsp3) is 0.278. The summed E-state index contributed by atoms with van der Waals surface area (Å²) in [5.41, 5.74) is 2.30. The summed E-state index contributed by atoms with van der Waals surface area (Å²) in [6.45, 7) is 2.18. The summed E-state index contributed by atoms with van der Waals surface area (Å²) in [5, 5.41) is 5.53. The number of anilines is 2. The molecule has 0 fully saturated rings. The van der Waals surface area contributed by atoms with Gasteiger partial charge in [0.15, 0.2) is 6.61 Å². The van der Waals surface area contributed by atoms with Crippen molar-refractivity contribution in [3.05, 3.63) is 42.1 Å². The highest BCUT2D eigenvalue weighted by Gasteiger charge is 2.15. The quantitative estimate of drug-likeness (QED) is 0.842. The molecule has 1 aromatic carbocycles. The number of nitrogens with one attached hydrogen (secondary N) is 2. The Labute approximate surface area is 145 Å². The first kappa shape index (κ1) is 16.8. The van der Waals surface area contributed by atoms with Crippen LogP contribution in [0.3, 0.4) is 0 Å². The molecule has 7 nitrogen and oxygen atoms in total. The maximum Gasteiger partial charge on any atom is 0.262 e. The minimum Gasteiger partial charge on any atom is -0.484 e. The van der Waals surface area contributed by atoms with Gasteiger partial charge in [0.05, 0.1) is 6.61 Å². The van der Waals surface area contributed by atoms with E-state index in [9.17, 15) is 9.59 Å². The van der Waals surface area contributed by atoms with Gasteiger partial charge in [-0.1, -0.05) is 0 Å². The third-order valence-electron chi connectivity index (χ3n) is 3.67. The lowest BCUT2D eigenvalue weighted by molar-refractivity contribution is -0.118. The van der Waals surface area contributed by atoms with Gasteiger partial charge in [-0.05, 0) is 49.2 Å². The summed E-state index contributed by atoms with van der Waals surface area (Å²) < 4.78 is 10.9. The Bertz CT molecular complexity index is 792. The van der Waals surface area contributed by atoms with E-state index in [4.69, 9.17) is 9.47 Å². The van der Waals surface area contributed by atoms with Crippen molar-refractivity contribution < 1.29 is 19.1 Å². The van der Waals surface area contributed by atoms with Crippen LogP contribution in [0.1, 0.15) is 18.9 Å². The molecular formula is C18H19N3O4. The molecule has 2 N–H and O–H groups in total. The van der Waals surface area contributed by atoms with Crippen molar-refractivity contribution in [3.8, 4) is 11.6 Å². The Kier molecular flexibility index (Phi) is 5.13. The second kappa shape index (κ2) is 7.65. The number of amides is 2. The summed E-state index contributed by atoms with van der Waals surface area (Å²) in [4.78, 5) is 27.5. The van der Waals surface area contributed by atoms with E-state index in [0.29, 0.717) is 36.8 Å². The zero-order valence-corrected chi connectivity index (χ0v) is 13.9. The summed E-state index contributed by atoms with van der Waals surface area (Å²) in [7, 11) is 0. The minimum absolute atomic E-state index is 0.0159. The summed E-state index contributed by atoms with van der Waals surface area (Å²) in [5.74, 6) is 0.672. The molecule has 7 heteroatoms. The molecule has 0 spiro atoms. The van der Waals surface area contributed by atoms with Crippen LogP contribution in [-0.4, -0.2) is 30.0 Å². The van der Waals surface area contributed by atoms with Gasteiger partial charge in [-0.2, -0.15) is 0 Å². The Balaban J connectivity index is 1.59. The highest BCUT2D eigenvalue weighted by atomic mass is 16.5. The largest absolute Gasteiger partial charge is 0.484 e. The predicted molar refractivity (Wildman–Crippen MR) is 92.9 cm³/mol. The van der Waals surface area contributed by atoms with Crippen molar-refractivity contribution in [2.45, 2.75) is 19.8 Å². The fourth-order valence-electron chi connectivity index (χ4n) is 2.52. The average molecular weight is 341 g/mol. The van der Waals surface area contributed by atoms with Crippen molar-refractivity contribution in [2.24, 2.45) is 0 Å². The molecule has 2 heterocycles. The maximum atomic E-state index is 12.1. The first-order chi connectivity index (χ1) is 12.2. The van der Waals surface area contributed by atoms with Crippen LogP contribution in [-0.2, 0) is 16.0 Å². The number of benzene rings is 1. The second-order valence-corrected chi connectivity index (χ2v) is 5.49. The van der Waals surface area contributed by atoms with Gasteiger partial charge < -0.3 is 20.1 Å². The lowest BCUT2D eigenvalue weighted by atomic mass is 10.0. The Morgan fingerprint density at radius 3 is 3.00 bits per heavy atom. The van der Waals surface area contributed by atoms with Crippen LogP contribution in [0, 0.1) is 0 Å². The van der Waals surface area contributed by atoms with Gasteiger partial charge in [-0.3, -0.25) is 9.59 Å². The van der Waals surface area contributed by atoms with E-state index >= 15 is 0 Å². The van der Waals surface area contributed by atoms with E-state index in [1.165, 1.54) is 0 Å². The van der Waals surface area contributed by atoms with Crippen molar-refractivity contribution in [1.29, 1.82) is 0 Å². The van der Waals surface area contributed by atoms with Gasteiger partial charge >= 0.3 is 0 Å². The third kappa shape index (κ3) is 4.26. The van der Waals surface area contributed by atoms with Gasteiger partial charge in [0.1, 0.15) is 11.4 Å². The Hall–Kier alpha value is -3.09. The van der Waals surface area contributed by atoms with E-state index in [1.807, 2.05) is 13.0 Å². The zero-order chi connectivity index (χ0) is 17.6. The van der Waals surface area contributed by atoms with E-state index < -0.39 is 0 Å². The number of carbonyl (C=O) groups excluding carboxylic acids is 2. The summed E-state index contributed by atoms with van der Waals surface area (Å²) in [6.07, 6.45) is 2.72. The Morgan fingerprint density at radius 1 is 1.28 bits per heavy atom. The smallest absolute Gasteiger partial charge is 0.262 e. The lowest BCUT2D eigenvalue weighted by Gasteiger charge is -2.17. The second-order valence-electron chi connectivity index (χ2n) is 5.49. The highest BCUT2D eigenvalue weighted by molar-refractivity contribution is 5.94. The highest BCUT2D eigenvalue weighted by Crippen LogP contribution is 2.27. The van der Waals surface area contributed by atoms with Crippen LogP contribution in [0.5, 0.6) is 11.6 Å². The van der Waals surface area contributed by atoms with Gasteiger partial charge in [0, 0.05) is 18.3 Å². The molecule has 2 aromatic rings. The number of nitrogens with zero attached hydrogens (tertiary/aromatic N) is 1. The molecule has 0 radical (unpaired) electrons. The number of carbonyl (C=O) groups is 2. The number of pyridine rings is 1. The van der Waals surface area contributed by atoms with Crippen LogP contribution in [0.25, 0.3) is 0 Å². The van der Waals surface area contributed by atoms with E-state index in [2.05, 4.69) is 15.6 Å². The van der Waals surface area contributed by atoms with Crippen molar-refractivity contribution >= 4 is 23.2 Å². The minimum atomic E-state index is -0.306. The van der Waals surface area contributed by atoms with Crippen molar-refractivity contribution in [2.75, 3.05) is 23.8 Å². The monoisotopic (exact) mass is 341 g/mol. The van der Waals surface area contributed by atoms with Crippen molar-refractivity contribution in [1.82, 2.24) is 4.98 Å². The van der Waals surface area contributed by atoms with E-state index in [-0.39, 0.29) is 18.4 Å². The average Bonchev–Trinajstić information content (AvgIpc) is 2.62. The number of hydrogen-bond acceptors (Lipinski definition) is 5.